The number of rotatable bonds is 5. The van der Waals surface area contributed by atoms with Gasteiger partial charge in [0.2, 0.25) is 11.8 Å². The Morgan fingerprint density at radius 2 is 1.88 bits per heavy atom. The number of nitrogens with one attached hydrogen (secondary N) is 1. The lowest BCUT2D eigenvalue weighted by molar-refractivity contribution is -0.138. The van der Waals surface area contributed by atoms with Gasteiger partial charge in [0, 0.05) is 19.5 Å². The first-order valence-electron chi connectivity index (χ1n) is 6.63. The fourth-order valence-electron chi connectivity index (χ4n) is 2.84. The summed E-state index contributed by atoms with van der Waals surface area (Å²) in [5, 5.41) is 2.79. The predicted molar refractivity (Wildman–Crippen MR) is 65.3 cm³/mol. The third kappa shape index (κ3) is 2.99. The van der Waals surface area contributed by atoms with Crippen molar-refractivity contribution in [3.63, 3.8) is 0 Å². The quantitative estimate of drug-likeness (QED) is 0.777. The topological polar surface area (TPSA) is 49.4 Å². The number of carbonyl (C=O) groups is 2. The van der Waals surface area contributed by atoms with Gasteiger partial charge in [0.05, 0.1) is 6.54 Å². The first kappa shape index (κ1) is 12.4. The molecule has 2 unspecified atom stereocenters. The van der Waals surface area contributed by atoms with Crippen LogP contribution in [0.15, 0.2) is 0 Å². The molecular formula is C13H22N2O2. The van der Waals surface area contributed by atoms with E-state index >= 15 is 0 Å². The Hall–Kier alpha value is -1.06. The summed E-state index contributed by atoms with van der Waals surface area (Å²) in [5.74, 6) is 1.91. The van der Waals surface area contributed by atoms with Gasteiger partial charge in [-0.05, 0) is 37.5 Å². The molecule has 4 nitrogen and oxygen atoms in total. The summed E-state index contributed by atoms with van der Waals surface area (Å²) in [6, 6.07) is 0. The van der Waals surface area contributed by atoms with Gasteiger partial charge in [-0.25, -0.2) is 0 Å². The molecule has 4 heteroatoms. The monoisotopic (exact) mass is 238 g/mol. The molecule has 2 aliphatic rings. The number of hydrogen-bond acceptors (Lipinski definition) is 2. The smallest absolute Gasteiger partial charge is 0.239 e. The highest BCUT2D eigenvalue weighted by Gasteiger charge is 2.48. The highest BCUT2D eigenvalue weighted by molar-refractivity contribution is 5.85. The van der Waals surface area contributed by atoms with Crippen molar-refractivity contribution in [3.8, 4) is 0 Å². The van der Waals surface area contributed by atoms with Gasteiger partial charge in [0.15, 0.2) is 0 Å². The molecule has 0 bridgehead atoms. The second kappa shape index (κ2) is 5.07. The molecule has 2 aliphatic carbocycles. The fraction of sp³-hybridized carbons (Fsp3) is 0.846. The van der Waals surface area contributed by atoms with Crippen molar-refractivity contribution in [2.45, 2.75) is 32.6 Å². The maximum Gasteiger partial charge on any atom is 0.239 e. The van der Waals surface area contributed by atoms with Gasteiger partial charge in [0.1, 0.15) is 0 Å². The molecule has 0 aromatic rings. The summed E-state index contributed by atoms with van der Waals surface area (Å²) < 4.78 is 0. The van der Waals surface area contributed by atoms with E-state index in [9.17, 15) is 9.59 Å². The second-order valence-electron chi connectivity index (χ2n) is 5.47. The normalized spacial score (nSPS) is 29.6. The molecule has 0 aromatic heterocycles. The van der Waals surface area contributed by atoms with E-state index in [-0.39, 0.29) is 24.3 Å². The van der Waals surface area contributed by atoms with E-state index in [0.717, 1.165) is 31.1 Å². The van der Waals surface area contributed by atoms with Crippen molar-refractivity contribution in [2.24, 2.45) is 17.8 Å². The predicted octanol–water partition coefficient (Wildman–Crippen LogP) is 1.02. The third-order valence-corrected chi connectivity index (χ3v) is 3.92. The zero-order valence-electron chi connectivity index (χ0n) is 10.7. The lowest BCUT2D eigenvalue weighted by Gasteiger charge is -2.21. The summed E-state index contributed by atoms with van der Waals surface area (Å²) in [6.07, 6.45) is 4.34. The molecule has 0 radical (unpaired) electrons. The standard InChI is InChI=1S/C13H22N2O2/c1-3-4-14-12(16)8-15(2)13(17)11-6-9-5-10(9)7-11/h9-11H,3-8H2,1-2H3,(H,14,16). The van der Waals surface area contributed by atoms with Crippen molar-refractivity contribution in [1.29, 1.82) is 0 Å². The molecule has 2 rings (SSSR count). The molecule has 2 atom stereocenters. The SMILES string of the molecule is CCCNC(=O)CN(C)C(=O)C1CC2CC2C1. The largest absolute Gasteiger partial charge is 0.355 e. The molecule has 1 N–H and O–H groups in total. The molecule has 0 aromatic carbocycles. The lowest BCUT2D eigenvalue weighted by atomic mass is 10.0. The van der Waals surface area contributed by atoms with E-state index in [1.165, 1.54) is 6.42 Å². The van der Waals surface area contributed by atoms with Gasteiger partial charge in [-0.1, -0.05) is 6.92 Å². The van der Waals surface area contributed by atoms with Gasteiger partial charge in [-0.2, -0.15) is 0 Å². The lowest BCUT2D eigenvalue weighted by Crippen LogP contribution is -2.40. The maximum atomic E-state index is 12.1. The Kier molecular flexibility index (Phi) is 3.69. The average Bonchev–Trinajstić information content (AvgIpc) is 2.92. The number of carbonyl (C=O) groups excluding carboxylic acids is 2. The van der Waals surface area contributed by atoms with Crippen LogP contribution in [-0.2, 0) is 9.59 Å². The van der Waals surface area contributed by atoms with E-state index in [4.69, 9.17) is 0 Å². The minimum atomic E-state index is -0.0501. The number of amides is 2. The van der Waals surface area contributed by atoms with E-state index in [1.807, 2.05) is 6.92 Å². The third-order valence-electron chi connectivity index (χ3n) is 3.92. The highest BCUT2D eigenvalue weighted by atomic mass is 16.2. The zero-order valence-corrected chi connectivity index (χ0v) is 10.7. The highest BCUT2D eigenvalue weighted by Crippen LogP contribution is 2.54. The number of likely N-dealkylation sites (N-methyl/N-ethyl adjacent to an activating group) is 1. The van der Waals surface area contributed by atoms with E-state index in [1.54, 1.807) is 11.9 Å². The Morgan fingerprint density at radius 3 is 2.47 bits per heavy atom. The molecule has 0 saturated heterocycles. The number of nitrogens with zero attached hydrogens (tertiary/aromatic N) is 1. The van der Waals surface area contributed by atoms with Gasteiger partial charge in [-0.3, -0.25) is 9.59 Å². The Labute approximate surface area is 103 Å². The first-order valence-corrected chi connectivity index (χ1v) is 6.63. The molecule has 2 fully saturated rings. The molecule has 17 heavy (non-hydrogen) atoms. The molecule has 2 saturated carbocycles. The molecule has 0 heterocycles. The van der Waals surface area contributed by atoms with Crippen molar-refractivity contribution >= 4 is 11.8 Å². The Bertz CT molecular complexity index is 307. The Balaban J connectivity index is 1.73. The molecule has 96 valence electrons. The number of hydrogen-bond donors (Lipinski definition) is 1. The van der Waals surface area contributed by atoms with E-state index < -0.39 is 0 Å². The van der Waals surface area contributed by atoms with Gasteiger partial charge >= 0.3 is 0 Å². The minimum Gasteiger partial charge on any atom is -0.355 e. The summed E-state index contributed by atoms with van der Waals surface area (Å²) in [4.78, 5) is 25.2. The molecular weight excluding hydrogens is 216 g/mol. The summed E-state index contributed by atoms with van der Waals surface area (Å²) in [7, 11) is 1.73. The van der Waals surface area contributed by atoms with Crippen LogP contribution in [0.25, 0.3) is 0 Å². The van der Waals surface area contributed by atoms with Gasteiger partial charge < -0.3 is 10.2 Å². The van der Waals surface area contributed by atoms with Crippen molar-refractivity contribution in [3.05, 3.63) is 0 Å². The van der Waals surface area contributed by atoms with Crippen molar-refractivity contribution < 1.29 is 9.59 Å². The summed E-state index contributed by atoms with van der Waals surface area (Å²) in [6.45, 7) is 2.90. The Morgan fingerprint density at radius 1 is 1.24 bits per heavy atom. The minimum absolute atomic E-state index is 0.0501. The molecule has 0 spiro atoms. The van der Waals surface area contributed by atoms with Crippen molar-refractivity contribution in [2.75, 3.05) is 20.1 Å². The van der Waals surface area contributed by atoms with Crippen LogP contribution in [0.1, 0.15) is 32.6 Å². The van der Waals surface area contributed by atoms with Crippen LogP contribution in [0.5, 0.6) is 0 Å². The number of fused-ring (bicyclic) bond motifs is 1. The molecule has 0 aliphatic heterocycles. The van der Waals surface area contributed by atoms with Crippen LogP contribution in [0.4, 0.5) is 0 Å². The van der Waals surface area contributed by atoms with Crippen LogP contribution in [0.2, 0.25) is 0 Å². The van der Waals surface area contributed by atoms with Crippen molar-refractivity contribution in [1.82, 2.24) is 10.2 Å². The summed E-state index contributed by atoms with van der Waals surface area (Å²) in [5.41, 5.74) is 0. The van der Waals surface area contributed by atoms with Crippen LogP contribution in [0, 0.1) is 17.8 Å². The second-order valence-corrected chi connectivity index (χ2v) is 5.47. The van der Waals surface area contributed by atoms with Crippen LogP contribution >= 0.6 is 0 Å². The first-order chi connectivity index (χ1) is 8.11. The van der Waals surface area contributed by atoms with E-state index in [0.29, 0.717) is 6.54 Å². The van der Waals surface area contributed by atoms with Crippen LogP contribution in [-0.4, -0.2) is 36.9 Å². The van der Waals surface area contributed by atoms with Gasteiger partial charge in [0.25, 0.3) is 0 Å². The fourth-order valence-corrected chi connectivity index (χ4v) is 2.84. The van der Waals surface area contributed by atoms with Crippen LogP contribution < -0.4 is 5.32 Å². The summed E-state index contributed by atoms with van der Waals surface area (Å²) >= 11 is 0. The van der Waals surface area contributed by atoms with Gasteiger partial charge in [-0.15, -0.1) is 0 Å². The maximum absolute atomic E-state index is 12.1. The molecule has 2 amide bonds. The van der Waals surface area contributed by atoms with E-state index in [2.05, 4.69) is 5.32 Å². The zero-order chi connectivity index (χ0) is 12.4. The van der Waals surface area contributed by atoms with Crippen LogP contribution in [0.3, 0.4) is 0 Å². The average molecular weight is 238 g/mol.